The van der Waals surface area contributed by atoms with Crippen LogP contribution in [0.15, 0.2) is 41.3 Å². The van der Waals surface area contributed by atoms with Gasteiger partial charge in [-0.3, -0.25) is 9.78 Å². The van der Waals surface area contributed by atoms with E-state index in [1.165, 1.54) is 0 Å². The summed E-state index contributed by atoms with van der Waals surface area (Å²) in [7, 11) is 0. The van der Waals surface area contributed by atoms with E-state index < -0.39 is 0 Å². The van der Waals surface area contributed by atoms with Gasteiger partial charge >= 0.3 is 0 Å². The number of hydrogen-bond acceptors (Lipinski definition) is 5. The molecule has 0 bridgehead atoms. The Kier molecular flexibility index (Phi) is 2.23. The second-order valence-electron chi connectivity index (χ2n) is 4.37. The molecule has 0 aliphatic carbocycles. The maximum absolute atomic E-state index is 11.7. The Morgan fingerprint density at radius 1 is 1.15 bits per heavy atom. The predicted molar refractivity (Wildman–Crippen MR) is 71.7 cm³/mol. The molecule has 1 aromatic carbocycles. The molecule has 4 rings (SSSR count). The van der Waals surface area contributed by atoms with Crippen LogP contribution in [0.3, 0.4) is 0 Å². The number of pyridine rings is 1. The summed E-state index contributed by atoms with van der Waals surface area (Å²) in [6.07, 6.45) is 1.58. The fourth-order valence-corrected chi connectivity index (χ4v) is 2.26. The van der Waals surface area contributed by atoms with Crippen LogP contribution in [-0.4, -0.2) is 22.0 Å². The summed E-state index contributed by atoms with van der Waals surface area (Å²) >= 11 is 0. The molecule has 98 valence electrons. The number of nitrogens with zero attached hydrogens (tertiary/aromatic N) is 2. The van der Waals surface area contributed by atoms with Crippen molar-refractivity contribution in [3.05, 3.63) is 46.9 Å². The normalized spacial score (nSPS) is 12.8. The molecule has 6 nitrogen and oxygen atoms in total. The molecule has 2 aromatic heterocycles. The number of rotatable bonds is 1. The van der Waals surface area contributed by atoms with Crippen molar-refractivity contribution in [3.63, 3.8) is 0 Å². The molecular weight excluding hydrogens is 258 g/mol. The lowest BCUT2D eigenvalue weighted by molar-refractivity contribution is 0.174. The first-order valence-corrected chi connectivity index (χ1v) is 6.06. The first-order valence-electron chi connectivity index (χ1n) is 6.06. The van der Waals surface area contributed by atoms with Crippen molar-refractivity contribution < 1.29 is 9.47 Å². The van der Waals surface area contributed by atoms with Crippen LogP contribution in [0.2, 0.25) is 0 Å². The second-order valence-corrected chi connectivity index (χ2v) is 4.37. The minimum absolute atomic E-state index is 0.222. The van der Waals surface area contributed by atoms with E-state index in [4.69, 9.17) is 9.47 Å². The molecule has 0 fully saturated rings. The summed E-state index contributed by atoms with van der Waals surface area (Å²) in [4.78, 5) is 15.8. The minimum Gasteiger partial charge on any atom is -0.454 e. The molecule has 0 saturated carbocycles. The fraction of sp³-hybridized carbons (Fsp3) is 0.0714. The van der Waals surface area contributed by atoms with Gasteiger partial charge in [-0.15, -0.1) is 0 Å². The molecule has 1 N–H and O–H groups in total. The van der Waals surface area contributed by atoms with Crippen molar-refractivity contribution in [3.8, 4) is 22.8 Å². The first-order chi connectivity index (χ1) is 9.83. The van der Waals surface area contributed by atoms with E-state index in [-0.39, 0.29) is 12.4 Å². The Balaban J connectivity index is 1.99. The zero-order chi connectivity index (χ0) is 13.5. The van der Waals surface area contributed by atoms with Crippen LogP contribution in [0.1, 0.15) is 0 Å². The lowest BCUT2D eigenvalue weighted by atomic mass is 10.1. The lowest BCUT2D eigenvalue weighted by Gasteiger charge is -2.05. The number of aromatic amines is 1. The quantitative estimate of drug-likeness (QED) is 0.726. The van der Waals surface area contributed by atoms with Gasteiger partial charge in [-0.25, -0.2) is 5.10 Å². The van der Waals surface area contributed by atoms with Crippen molar-refractivity contribution in [1.29, 1.82) is 0 Å². The van der Waals surface area contributed by atoms with Gasteiger partial charge in [0.05, 0.1) is 0 Å². The highest BCUT2D eigenvalue weighted by Crippen LogP contribution is 2.36. The van der Waals surface area contributed by atoms with E-state index in [2.05, 4.69) is 15.2 Å². The zero-order valence-corrected chi connectivity index (χ0v) is 10.3. The number of benzene rings is 1. The largest absolute Gasteiger partial charge is 0.454 e. The number of aromatic nitrogens is 3. The highest BCUT2D eigenvalue weighted by molar-refractivity contribution is 5.91. The van der Waals surface area contributed by atoms with E-state index in [0.29, 0.717) is 28.1 Å². The highest BCUT2D eigenvalue weighted by atomic mass is 16.7. The Hall–Kier alpha value is -2.89. The topological polar surface area (TPSA) is 77.1 Å². The van der Waals surface area contributed by atoms with Crippen LogP contribution in [0.25, 0.3) is 22.2 Å². The van der Waals surface area contributed by atoms with Crippen molar-refractivity contribution >= 4 is 10.9 Å². The van der Waals surface area contributed by atoms with Gasteiger partial charge in [0.25, 0.3) is 5.56 Å². The third kappa shape index (κ3) is 1.55. The van der Waals surface area contributed by atoms with Crippen molar-refractivity contribution in [2.75, 3.05) is 6.79 Å². The summed E-state index contributed by atoms with van der Waals surface area (Å²) in [6, 6.07) is 9.15. The van der Waals surface area contributed by atoms with Crippen LogP contribution in [-0.2, 0) is 0 Å². The predicted octanol–water partition coefficient (Wildman–Crippen LogP) is 1.71. The molecule has 0 unspecified atom stereocenters. The monoisotopic (exact) mass is 267 g/mol. The summed E-state index contributed by atoms with van der Waals surface area (Å²) in [5.74, 6) is 1.38. The summed E-state index contributed by atoms with van der Waals surface area (Å²) in [6.45, 7) is 0.222. The Morgan fingerprint density at radius 3 is 3.00 bits per heavy atom. The summed E-state index contributed by atoms with van der Waals surface area (Å²) in [5.41, 5.74) is 1.56. The van der Waals surface area contributed by atoms with Crippen LogP contribution in [0.4, 0.5) is 0 Å². The molecule has 6 heteroatoms. The van der Waals surface area contributed by atoms with Crippen LogP contribution >= 0.6 is 0 Å². The molecule has 1 aliphatic rings. The van der Waals surface area contributed by atoms with Gasteiger partial charge in [0, 0.05) is 17.1 Å². The zero-order valence-electron chi connectivity index (χ0n) is 10.3. The number of fused-ring (bicyclic) bond motifs is 2. The van der Waals surface area contributed by atoms with Crippen LogP contribution in [0, 0.1) is 0 Å². The average Bonchev–Trinajstić information content (AvgIpc) is 2.95. The number of hydrogen-bond donors (Lipinski definition) is 1. The average molecular weight is 267 g/mol. The van der Waals surface area contributed by atoms with E-state index in [0.717, 1.165) is 5.56 Å². The SMILES string of the molecule is O=c1[nH]nc(-c2ccc3c(c2)OCO3)c2cccnc12. The van der Waals surface area contributed by atoms with Gasteiger partial charge in [-0.1, -0.05) is 0 Å². The van der Waals surface area contributed by atoms with E-state index >= 15 is 0 Å². The standard InChI is InChI=1S/C14H9N3O3/c18-14-13-9(2-1-5-15-13)12(16-17-14)8-3-4-10-11(6-8)20-7-19-10/h1-6H,7H2,(H,17,18). The third-order valence-electron chi connectivity index (χ3n) is 3.19. The third-order valence-corrected chi connectivity index (χ3v) is 3.19. The number of H-pyrrole nitrogens is 1. The highest BCUT2D eigenvalue weighted by Gasteiger charge is 2.16. The van der Waals surface area contributed by atoms with Crippen molar-refractivity contribution in [2.45, 2.75) is 0 Å². The second kappa shape index (κ2) is 4.06. The van der Waals surface area contributed by atoms with Gasteiger partial charge in [-0.05, 0) is 30.3 Å². The lowest BCUT2D eigenvalue weighted by Crippen LogP contribution is -2.10. The van der Waals surface area contributed by atoms with Crippen LogP contribution < -0.4 is 15.0 Å². The number of ether oxygens (including phenoxy) is 2. The molecule has 0 atom stereocenters. The Bertz CT molecular complexity index is 873. The van der Waals surface area contributed by atoms with Gasteiger partial charge in [0.2, 0.25) is 6.79 Å². The van der Waals surface area contributed by atoms with Crippen molar-refractivity contribution in [2.24, 2.45) is 0 Å². The molecular formula is C14H9N3O3. The number of nitrogens with one attached hydrogen (secondary N) is 1. The molecule has 1 aliphatic heterocycles. The van der Waals surface area contributed by atoms with E-state index in [9.17, 15) is 4.79 Å². The fourth-order valence-electron chi connectivity index (χ4n) is 2.26. The van der Waals surface area contributed by atoms with Gasteiger partial charge < -0.3 is 9.47 Å². The maximum atomic E-state index is 11.7. The minimum atomic E-state index is -0.301. The Labute approximate surface area is 113 Å². The van der Waals surface area contributed by atoms with Crippen LogP contribution in [0.5, 0.6) is 11.5 Å². The molecule has 3 aromatic rings. The first kappa shape index (κ1) is 11.0. The van der Waals surface area contributed by atoms with Gasteiger partial charge in [0.1, 0.15) is 11.2 Å². The molecule has 0 saturated heterocycles. The van der Waals surface area contributed by atoms with Crippen molar-refractivity contribution in [1.82, 2.24) is 15.2 Å². The molecule has 20 heavy (non-hydrogen) atoms. The van der Waals surface area contributed by atoms with Gasteiger partial charge in [-0.2, -0.15) is 5.10 Å². The van der Waals surface area contributed by atoms with E-state index in [1.54, 1.807) is 12.3 Å². The van der Waals surface area contributed by atoms with E-state index in [1.807, 2.05) is 24.3 Å². The summed E-state index contributed by atoms with van der Waals surface area (Å²) < 4.78 is 10.6. The smallest absolute Gasteiger partial charge is 0.290 e. The molecule has 0 radical (unpaired) electrons. The molecule has 3 heterocycles. The summed E-state index contributed by atoms with van der Waals surface area (Å²) in [5, 5.41) is 7.30. The molecule has 0 spiro atoms. The Morgan fingerprint density at radius 2 is 2.05 bits per heavy atom. The van der Waals surface area contributed by atoms with Gasteiger partial charge in [0.15, 0.2) is 11.5 Å². The molecule has 0 amide bonds. The maximum Gasteiger partial charge on any atom is 0.290 e.